The van der Waals surface area contributed by atoms with E-state index in [1.54, 1.807) is 0 Å². The van der Waals surface area contributed by atoms with Crippen molar-refractivity contribution >= 4 is 15.9 Å². The molecule has 0 amide bonds. The SMILES string of the molecule is OCCOCc1cc(Br)cc(COCCO)n1. The molecule has 0 aliphatic heterocycles. The Morgan fingerprint density at radius 3 is 1.88 bits per heavy atom. The second kappa shape index (κ2) is 8.54. The van der Waals surface area contributed by atoms with E-state index in [1.807, 2.05) is 12.1 Å². The first-order valence-corrected chi connectivity index (χ1v) is 6.08. The van der Waals surface area contributed by atoms with Crippen LogP contribution >= 0.6 is 15.9 Å². The van der Waals surface area contributed by atoms with Crippen molar-refractivity contribution in [3.05, 3.63) is 28.0 Å². The van der Waals surface area contributed by atoms with E-state index in [9.17, 15) is 0 Å². The summed E-state index contributed by atoms with van der Waals surface area (Å²) in [7, 11) is 0. The lowest BCUT2D eigenvalue weighted by Gasteiger charge is -2.07. The molecule has 0 spiro atoms. The third kappa shape index (κ3) is 6.09. The van der Waals surface area contributed by atoms with Gasteiger partial charge in [-0.05, 0) is 12.1 Å². The number of aliphatic hydroxyl groups is 2. The summed E-state index contributed by atoms with van der Waals surface area (Å²) in [6, 6.07) is 3.71. The molecule has 17 heavy (non-hydrogen) atoms. The standard InChI is InChI=1S/C11H16BrNO4/c12-9-5-10(7-16-3-1-14)13-11(6-9)8-17-4-2-15/h5-6,14-15H,1-4,7-8H2. The molecule has 0 radical (unpaired) electrons. The molecule has 1 aromatic heterocycles. The number of aromatic nitrogens is 1. The van der Waals surface area contributed by atoms with Crippen molar-refractivity contribution in [3.8, 4) is 0 Å². The van der Waals surface area contributed by atoms with Gasteiger partial charge in [-0.3, -0.25) is 4.98 Å². The van der Waals surface area contributed by atoms with E-state index in [4.69, 9.17) is 19.7 Å². The quantitative estimate of drug-likeness (QED) is 0.697. The Hall–Kier alpha value is -0.530. The fourth-order valence-corrected chi connectivity index (χ4v) is 1.77. The molecule has 0 aliphatic carbocycles. The van der Waals surface area contributed by atoms with Gasteiger partial charge in [0.15, 0.2) is 0 Å². The number of aliphatic hydroxyl groups excluding tert-OH is 2. The minimum atomic E-state index is 0.000468. The van der Waals surface area contributed by atoms with Crippen molar-refractivity contribution in [1.82, 2.24) is 4.98 Å². The van der Waals surface area contributed by atoms with E-state index in [0.29, 0.717) is 26.4 Å². The van der Waals surface area contributed by atoms with Crippen LogP contribution in [0.15, 0.2) is 16.6 Å². The Labute approximate surface area is 109 Å². The minimum absolute atomic E-state index is 0.000468. The van der Waals surface area contributed by atoms with Gasteiger partial charge in [0.25, 0.3) is 0 Å². The maximum atomic E-state index is 8.60. The molecule has 1 heterocycles. The van der Waals surface area contributed by atoms with Crippen molar-refractivity contribution in [1.29, 1.82) is 0 Å². The summed E-state index contributed by atoms with van der Waals surface area (Å²) in [4.78, 5) is 4.33. The summed E-state index contributed by atoms with van der Waals surface area (Å²) in [5.74, 6) is 0. The largest absolute Gasteiger partial charge is 0.394 e. The highest BCUT2D eigenvalue weighted by Gasteiger charge is 2.02. The molecule has 96 valence electrons. The van der Waals surface area contributed by atoms with E-state index in [-0.39, 0.29) is 13.2 Å². The molecular formula is C11H16BrNO4. The summed E-state index contributed by atoms with van der Waals surface area (Å²) >= 11 is 3.38. The summed E-state index contributed by atoms with van der Waals surface area (Å²) in [5.41, 5.74) is 1.55. The molecular weight excluding hydrogens is 290 g/mol. The summed E-state index contributed by atoms with van der Waals surface area (Å²) in [5, 5.41) is 17.2. The van der Waals surface area contributed by atoms with Crippen LogP contribution in [-0.2, 0) is 22.7 Å². The van der Waals surface area contributed by atoms with Gasteiger partial charge in [0.2, 0.25) is 0 Å². The zero-order chi connectivity index (χ0) is 12.5. The number of halogens is 1. The molecule has 1 aromatic rings. The van der Waals surface area contributed by atoms with Crippen molar-refractivity contribution in [2.75, 3.05) is 26.4 Å². The van der Waals surface area contributed by atoms with E-state index < -0.39 is 0 Å². The number of pyridine rings is 1. The van der Waals surface area contributed by atoms with Crippen LogP contribution < -0.4 is 0 Å². The highest BCUT2D eigenvalue weighted by atomic mass is 79.9. The zero-order valence-electron chi connectivity index (χ0n) is 9.43. The normalized spacial score (nSPS) is 10.8. The third-order valence-corrected chi connectivity index (χ3v) is 2.33. The van der Waals surface area contributed by atoms with Crippen molar-refractivity contribution < 1.29 is 19.7 Å². The van der Waals surface area contributed by atoms with E-state index in [0.717, 1.165) is 15.9 Å². The molecule has 0 fully saturated rings. The molecule has 0 bridgehead atoms. The molecule has 5 nitrogen and oxygen atoms in total. The van der Waals surface area contributed by atoms with Crippen LogP contribution in [0.25, 0.3) is 0 Å². The van der Waals surface area contributed by atoms with Gasteiger partial charge in [-0.1, -0.05) is 15.9 Å². The fraction of sp³-hybridized carbons (Fsp3) is 0.545. The van der Waals surface area contributed by atoms with Gasteiger partial charge in [0, 0.05) is 4.47 Å². The van der Waals surface area contributed by atoms with Crippen molar-refractivity contribution in [2.45, 2.75) is 13.2 Å². The average Bonchev–Trinajstić information content (AvgIpc) is 2.29. The topological polar surface area (TPSA) is 71.8 Å². The van der Waals surface area contributed by atoms with Crippen LogP contribution in [0.5, 0.6) is 0 Å². The van der Waals surface area contributed by atoms with Crippen LogP contribution in [0.1, 0.15) is 11.4 Å². The van der Waals surface area contributed by atoms with E-state index in [1.165, 1.54) is 0 Å². The molecule has 6 heteroatoms. The number of nitrogens with zero attached hydrogens (tertiary/aromatic N) is 1. The first kappa shape index (κ1) is 14.5. The molecule has 0 aromatic carbocycles. The van der Waals surface area contributed by atoms with Crippen LogP contribution in [0, 0.1) is 0 Å². The number of ether oxygens (including phenoxy) is 2. The Morgan fingerprint density at radius 1 is 1.00 bits per heavy atom. The smallest absolute Gasteiger partial charge is 0.0889 e. The van der Waals surface area contributed by atoms with Crippen molar-refractivity contribution in [3.63, 3.8) is 0 Å². The molecule has 0 aliphatic rings. The highest BCUT2D eigenvalue weighted by Crippen LogP contribution is 2.14. The maximum Gasteiger partial charge on any atom is 0.0889 e. The van der Waals surface area contributed by atoms with Gasteiger partial charge >= 0.3 is 0 Å². The Kier molecular flexibility index (Phi) is 7.30. The van der Waals surface area contributed by atoms with Crippen LogP contribution in [0.2, 0.25) is 0 Å². The van der Waals surface area contributed by atoms with Crippen molar-refractivity contribution in [2.24, 2.45) is 0 Å². The van der Waals surface area contributed by atoms with Crippen LogP contribution in [0.4, 0.5) is 0 Å². The van der Waals surface area contributed by atoms with Gasteiger partial charge in [-0.15, -0.1) is 0 Å². The average molecular weight is 306 g/mol. The Bertz CT molecular complexity index is 307. The fourth-order valence-electron chi connectivity index (χ4n) is 1.24. The molecule has 0 saturated heterocycles. The van der Waals surface area contributed by atoms with Gasteiger partial charge in [-0.2, -0.15) is 0 Å². The van der Waals surface area contributed by atoms with E-state index in [2.05, 4.69) is 20.9 Å². The highest BCUT2D eigenvalue weighted by molar-refractivity contribution is 9.10. The second-order valence-electron chi connectivity index (χ2n) is 3.32. The number of hydrogen-bond acceptors (Lipinski definition) is 5. The summed E-state index contributed by atoms with van der Waals surface area (Å²) in [6.07, 6.45) is 0. The first-order valence-electron chi connectivity index (χ1n) is 5.29. The van der Waals surface area contributed by atoms with E-state index >= 15 is 0 Å². The predicted molar refractivity (Wildman–Crippen MR) is 65.4 cm³/mol. The summed E-state index contributed by atoms with van der Waals surface area (Å²) in [6.45, 7) is 1.30. The molecule has 0 saturated carbocycles. The zero-order valence-corrected chi connectivity index (χ0v) is 11.0. The lowest BCUT2D eigenvalue weighted by atomic mass is 10.3. The van der Waals surface area contributed by atoms with Gasteiger partial charge < -0.3 is 19.7 Å². The monoisotopic (exact) mass is 305 g/mol. The number of hydrogen-bond donors (Lipinski definition) is 2. The Morgan fingerprint density at radius 2 is 1.47 bits per heavy atom. The molecule has 2 N–H and O–H groups in total. The molecule has 0 unspecified atom stereocenters. The van der Waals surface area contributed by atoms with Crippen LogP contribution in [-0.4, -0.2) is 41.6 Å². The molecule has 1 rings (SSSR count). The van der Waals surface area contributed by atoms with Gasteiger partial charge in [0.1, 0.15) is 0 Å². The van der Waals surface area contributed by atoms with Gasteiger partial charge in [-0.25, -0.2) is 0 Å². The molecule has 0 atom stereocenters. The Balaban J connectivity index is 2.53. The second-order valence-corrected chi connectivity index (χ2v) is 4.24. The van der Waals surface area contributed by atoms with Gasteiger partial charge in [0.05, 0.1) is 51.0 Å². The maximum absolute atomic E-state index is 8.60. The third-order valence-electron chi connectivity index (χ3n) is 1.87. The lowest BCUT2D eigenvalue weighted by Crippen LogP contribution is -2.05. The lowest BCUT2D eigenvalue weighted by molar-refractivity contribution is 0.0749. The minimum Gasteiger partial charge on any atom is -0.394 e. The number of rotatable bonds is 8. The summed E-state index contributed by atoms with van der Waals surface area (Å²) < 4.78 is 11.3. The first-order chi connectivity index (χ1) is 8.26. The van der Waals surface area contributed by atoms with Crippen LogP contribution in [0.3, 0.4) is 0 Å². The predicted octanol–water partition coefficient (Wildman–Crippen LogP) is 0.862.